The Labute approximate surface area is 179 Å². The first-order valence-electron chi connectivity index (χ1n) is 9.70. The van der Waals surface area contributed by atoms with Gasteiger partial charge in [-0.1, -0.05) is 43.3 Å². The summed E-state index contributed by atoms with van der Waals surface area (Å²) in [6, 6.07) is 18.5. The van der Waals surface area contributed by atoms with Crippen molar-refractivity contribution in [3.8, 4) is 0 Å². The van der Waals surface area contributed by atoms with Gasteiger partial charge in [0.1, 0.15) is 0 Å². The summed E-state index contributed by atoms with van der Waals surface area (Å²) in [4.78, 5) is 17.5. The van der Waals surface area contributed by atoms with E-state index in [1.807, 2.05) is 35.8 Å². The van der Waals surface area contributed by atoms with Crippen LogP contribution in [-0.4, -0.2) is 31.6 Å². The fourth-order valence-electron chi connectivity index (χ4n) is 3.61. The predicted molar refractivity (Wildman–Crippen MR) is 121 cm³/mol. The molecule has 1 amide bonds. The van der Waals surface area contributed by atoms with Crippen molar-refractivity contribution in [1.82, 2.24) is 10.3 Å². The zero-order valence-corrected chi connectivity index (χ0v) is 18.1. The van der Waals surface area contributed by atoms with Gasteiger partial charge in [0.15, 0.2) is 9.84 Å². The van der Waals surface area contributed by atoms with E-state index in [1.165, 1.54) is 6.07 Å². The average molecular weight is 439 g/mol. The number of fused-ring (bicyclic) bond motifs is 1. The largest absolute Gasteiger partial charge is 0.361 e. The Morgan fingerprint density at radius 3 is 2.60 bits per heavy atom. The van der Waals surface area contributed by atoms with Crippen molar-refractivity contribution in [3.05, 3.63) is 88.2 Å². The van der Waals surface area contributed by atoms with Gasteiger partial charge in [0.05, 0.1) is 16.2 Å². The third-order valence-electron chi connectivity index (χ3n) is 5.20. The topological polar surface area (TPSA) is 79.0 Å². The number of nitrogens with one attached hydrogen (secondary N) is 2. The minimum Gasteiger partial charge on any atom is -0.361 e. The number of benzene rings is 2. The highest BCUT2D eigenvalue weighted by Crippen LogP contribution is 2.33. The van der Waals surface area contributed by atoms with E-state index in [0.717, 1.165) is 21.3 Å². The Hall–Kier alpha value is -2.90. The van der Waals surface area contributed by atoms with E-state index in [1.54, 1.807) is 36.5 Å². The van der Waals surface area contributed by atoms with E-state index < -0.39 is 9.84 Å². The number of carbonyl (C=O) groups excluding carboxylic acids is 1. The highest BCUT2D eigenvalue weighted by Gasteiger charge is 2.23. The van der Waals surface area contributed by atoms with Gasteiger partial charge < -0.3 is 10.3 Å². The Balaban J connectivity index is 1.64. The van der Waals surface area contributed by atoms with Crippen molar-refractivity contribution in [2.45, 2.75) is 17.7 Å². The molecule has 2 heterocycles. The van der Waals surface area contributed by atoms with E-state index in [9.17, 15) is 13.2 Å². The van der Waals surface area contributed by atoms with Gasteiger partial charge in [0, 0.05) is 34.4 Å². The fraction of sp³-hybridized carbons (Fsp3) is 0.174. The lowest BCUT2D eigenvalue weighted by Crippen LogP contribution is -2.30. The molecule has 0 fully saturated rings. The molecule has 2 aromatic carbocycles. The molecule has 2 aromatic heterocycles. The van der Waals surface area contributed by atoms with Gasteiger partial charge in [-0.3, -0.25) is 4.79 Å². The lowest BCUT2D eigenvalue weighted by Gasteiger charge is -2.17. The number of hydrogen-bond donors (Lipinski definition) is 2. The van der Waals surface area contributed by atoms with Crippen LogP contribution in [0.4, 0.5) is 0 Å². The van der Waals surface area contributed by atoms with Crippen LogP contribution in [0.1, 0.15) is 33.6 Å². The van der Waals surface area contributed by atoms with Gasteiger partial charge in [-0.25, -0.2) is 8.42 Å². The van der Waals surface area contributed by atoms with E-state index in [0.29, 0.717) is 6.54 Å². The van der Waals surface area contributed by atoms with E-state index in [4.69, 9.17) is 0 Å². The first kappa shape index (κ1) is 20.4. The van der Waals surface area contributed by atoms with Gasteiger partial charge in [0.2, 0.25) is 0 Å². The molecule has 154 valence electrons. The van der Waals surface area contributed by atoms with Crippen LogP contribution in [0.3, 0.4) is 0 Å². The number of rotatable bonds is 7. The zero-order chi connectivity index (χ0) is 21.1. The van der Waals surface area contributed by atoms with Crippen LogP contribution in [0.25, 0.3) is 10.9 Å². The van der Waals surface area contributed by atoms with E-state index in [-0.39, 0.29) is 28.0 Å². The molecule has 0 saturated heterocycles. The maximum Gasteiger partial charge on any atom is 0.252 e. The Bertz CT molecular complexity index is 1270. The molecule has 4 aromatic rings. The molecule has 0 bridgehead atoms. The van der Waals surface area contributed by atoms with Gasteiger partial charge in [-0.05, 0) is 35.2 Å². The maximum absolute atomic E-state index is 13.0. The number of aromatic amines is 1. The molecule has 0 aliphatic carbocycles. The predicted octanol–water partition coefficient (Wildman–Crippen LogP) is 4.58. The molecular formula is C23H22N2O3S2. The van der Waals surface area contributed by atoms with Gasteiger partial charge in [-0.15, -0.1) is 11.3 Å². The number of sulfone groups is 1. The Kier molecular flexibility index (Phi) is 5.74. The van der Waals surface area contributed by atoms with E-state index in [2.05, 4.69) is 22.4 Å². The molecule has 1 atom stereocenters. The summed E-state index contributed by atoms with van der Waals surface area (Å²) >= 11 is 1.64. The molecule has 0 aliphatic rings. The van der Waals surface area contributed by atoms with Crippen LogP contribution in [0.15, 0.2) is 77.1 Å². The molecule has 0 aliphatic heterocycles. The summed E-state index contributed by atoms with van der Waals surface area (Å²) in [5.41, 5.74) is 2.32. The van der Waals surface area contributed by atoms with Gasteiger partial charge >= 0.3 is 0 Å². The number of H-pyrrole nitrogens is 1. The summed E-state index contributed by atoms with van der Waals surface area (Å²) in [6.07, 6.45) is 1.98. The molecular weight excluding hydrogens is 416 g/mol. The average Bonchev–Trinajstić information content (AvgIpc) is 3.45. The fourth-order valence-corrected chi connectivity index (χ4v) is 5.55. The second-order valence-electron chi connectivity index (χ2n) is 6.97. The second-order valence-corrected chi connectivity index (χ2v) is 10.2. The van der Waals surface area contributed by atoms with Crippen molar-refractivity contribution >= 4 is 38.0 Å². The molecule has 1 unspecified atom stereocenters. The quantitative estimate of drug-likeness (QED) is 0.443. The highest BCUT2D eigenvalue weighted by molar-refractivity contribution is 7.91. The van der Waals surface area contributed by atoms with Crippen molar-refractivity contribution in [1.29, 1.82) is 0 Å². The Morgan fingerprint density at radius 1 is 1.07 bits per heavy atom. The zero-order valence-electron chi connectivity index (χ0n) is 16.5. The number of carbonyl (C=O) groups is 1. The van der Waals surface area contributed by atoms with Gasteiger partial charge in [-0.2, -0.15) is 0 Å². The molecule has 0 radical (unpaired) electrons. The smallest absolute Gasteiger partial charge is 0.252 e. The first-order valence-corrected chi connectivity index (χ1v) is 12.2. The first-order chi connectivity index (χ1) is 14.5. The summed E-state index contributed by atoms with van der Waals surface area (Å²) in [7, 11) is -3.49. The monoisotopic (exact) mass is 438 g/mol. The SMILES string of the molecule is CCS(=O)(=O)c1ccccc1C(=O)NCC(c1cccs1)c1c[nH]c2ccccc12. The molecule has 7 heteroatoms. The van der Waals surface area contributed by atoms with Crippen LogP contribution in [0.2, 0.25) is 0 Å². The number of para-hydroxylation sites is 1. The van der Waals surface area contributed by atoms with Crippen LogP contribution < -0.4 is 5.32 Å². The molecule has 30 heavy (non-hydrogen) atoms. The summed E-state index contributed by atoms with van der Waals surface area (Å²) in [6.45, 7) is 1.94. The number of hydrogen-bond acceptors (Lipinski definition) is 4. The summed E-state index contributed by atoms with van der Waals surface area (Å²) in [5, 5.41) is 6.09. The summed E-state index contributed by atoms with van der Waals surface area (Å²) in [5.74, 6) is -0.478. The molecule has 2 N–H and O–H groups in total. The minimum absolute atomic E-state index is 0.0416. The number of amides is 1. The third kappa shape index (κ3) is 3.91. The standard InChI is InChI=1S/C23H22N2O3S2/c1-2-30(27,28)22-12-6-4-9-17(22)23(26)25-15-19(21-11-7-13-29-21)18-14-24-20-10-5-3-8-16(18)20/h3-14,19,24H,2,15H2,1H3,(H,25,26). The molecule has 0 saturated carbocycles. The minimum atomic E-state index is -3.49. The van der Waals surface area contributed by atoms with Gasteiger partial charge in [0.25, 0.3) is 5.91 Å². The molecule has 4 rings (SSSR count). The normalized spacial score (nSPS) is 12.7. The number of thiophene rings is 1. The second kappa shape index (κ2) is 8.45. The van der Waals surface area contributed by atoms with E-state index >= 15 is 0 Å². The van der Waals surface area contributed by atoms with Crippen LogP contribution >= 0.6 is 11.3 Å². The van der Waals surface area contributed by atoms with Crippen molar-refractivity contribution in [3.63, 3.8) is 0 Å². The molecule has 0 spiro atoms. The van der Waals surface area contributed by atoms with Crippen LogP contribution in [0, 0.1) is 0 Å². The lowest BCUT2D eigenvalue weighted by molar-refractivity contribution is 0.0949. The molecule has 5 nitrogen and oxygen atoms in total. The lowest BCUT2D eigenvalue weighted by atomic mass is 9.96. The summed E-state index contributed by atoms with van der Waals surface area (Å²) < 4.78 is 24.8. The van der Waals surface area contributed by atoms with Crippen molar-refractivity contribution in [2.75, 3.05) is 12.3 Å². The highest BCUT2D eigenvalue weighted by atomic mass is 32.2. The van der Waals surface area contributed by atoms with Crippen molar-refractivity contribution in [2.24, 2.45) is 0 Å². The number of aromatic nitrogens is 1. The van der Waals surface area contributed by atoms with Crippen LogP contribution in [0.5, 0.6) is 0 Å². The van der Waals surface area contributed by atoms with Crippen molar-refractivity contribution < 1.29 is 13.2 Å². The Morgan fingerprint density at radius 2 is 1.83 bits per heavy atom. The maximum atomic E-state index is 13.0. The third-order valence-corrected chi connectivity index (χ3v) is 7.97. The van der Waals surface area contributed by atoms with Crippen LogP contribution in [-0.2, 0) is 9.84 Å².